The molecule has 0 saturated carbocycles. The van der Waals surface area contributed by atoms with Gasteiger partial charge >= 0.3 is 0 Å². The highest BCUT2D eigenvalue weighted by Crippen LogP contribution is 1.81. The maximum absolute atomic E-state index is 8.41. The van der Waals surface area contributed by atoms with Gasteiger partial charge in [-0.3, -0.25) is 4.99 Å². The second-order valence-corrected chi connectivity index (χ2v) is 1.54. The van der Waals surface area contributed by atoms with Gasteiger partial charge in [0.05, 0.1) is 12.7 Å². The van der Waals surface area contributed by atoms with Gasteiger partial charge in [-0.1, -0.05) is 6.58 Å². The number of nitriles is 1. The zero-order valence-electron chi connectivity index (χ0n) is 5.49. The van der Waals surface area contributed by atoms with E-state index in [1.165, 1.54) is 18.5 Å². The smallest absolute Gasteiger partial charge is 0.0928 e. The highest BCUT2D eigenvalue weighted by Gasteiger charge is 1.79. The van der Waals surface area contributed by atoms with E-state index in [1.54, 1.807) is 6.07 Å². The summed E-state index contributed by atoms with van der Waals surface area (Å²) >= 11 is 0. The average molecular weight is 136 g/mol. The molecule has 0 amide bonds. The molecular formula is C7H8N2O. The average Bonchev–Trinajstić information content (AvgIpc) is 1.98. The van der Waals surface area contributed by atoms with Crippen LogP contribution in [0.2, 0.25) is 0 Å². The predicted octanol–water partition coefficient (Wildman–Crippen LogP) is 0.643. The first kappa shape index (κ1) is 8.60. The Morgan fingerprint density at radius 3 is 3.00 bits per heavy atom. The summed E-state index contributed by atoms with van der Waals surface area (Å²) < 4.78 is 0. The normalized spacial score (nSPS) is 10.4. The van der Waals surface area contributed by atoms with E-state index in [4.69, 9.17) is 10.4 Å². The minimum absolute atomic E-state index is 0.107. The Morgan fingerprint density at radius 2 is 2.50 bits per heavy atom. The number of hydrogen-bond acceptors (Lipinski definition) is 3. The van der Waals surface area contributed by atoms with Gasteiger partial charge in [-0.25, -0.2) is 0 Å². The molecule has 0 aliphatic carbocycles. The molecule has 0 saturated heterocycles. The SMILES string of the molecule is C=C(C=N/C=C/C#N)CO. The first-order valence-electron chi connectivity index (χ1n) is 2.67. The molecule has 0 rings (SSSR count). The molecule has 3 nitrogen and oxygen atoms in total. The van der Waals surface area contributed by atoms with Crippen molar-refractivity contribution in [1.29, 1.82) is 5.26 Å². The van der Waals surface area contributed by atoms with Crippen LogP contribution in [-0.4, -0.2) is 17.9 Å². The Balaban J connectivity index is 3.68. The first-order valence-corrected chi connectivity index (χ1v) is 2.67. The Kier molecular flexibility index (Phi) is 4.93. The van der Waals surface area contributed by atoms with E-state index in [0.717, 1.165) is 0 Å². The molecule has 0 fully saturated rings. The predicted molar refractivity (Wildman–Crippen MR) is 39.5 cm³/mol. The lowest BCUT2D eigenvalue weighted by molar-refractivity contribution is 0.338. The fourth-order valence-corrected chi connectivity index (χ4v) is 0.266. The maximum Gasteiger partial charge on any atom is 0.0928 e. The Morgan fingerprint density at radius 1 is 1.80 bits per heavy atom. The van der Waals surface area contributed by atoms with Crippen molar-refractivity contribution in [3.63, 3.8) is 0 Å². The molecule has 0 radical (unpaired) electrons. The molecule has 0 heterocycles. The summed E-state index contributed by atoms with van der Waals surface area (Å²) in [4.78, 5) is 3.64. The number of hydrogen-bond donors (Lipinski definition) is 1. The summed E-state index contributed by atoms with van der Waals surface area (Å²) in [7, 11) is 0. The second kappa shape index (κ2) is 5.73. The second-order valence-electron chi connectivity index (χ2n) is 1.54. The molecule has 0 spiro atoms. The van der Waals surface area contributed by atoms with Crippen LogP contribution in [0.3, 0.4) is 0 Å². The summed E-state index contributed by atoms with van der Waals surface area (Å²) in [6, 6.07) is 1.77. The van der Waals surface area contributed by atoms with Crippen LogP contribution in [0.5, 0.6) is 0 Å². The first-order chi connectivity index (χ1) is 4.81. The van der Waals surface area contributed by atoms with Crippen molar-refractivity contribution >= 4 is 6.21 Å². The molecule has 3 heteroatoms. The van der Waals surface area contributed by atoms with Gasteiger partial charge in [-0.2, -0.15) is 5.26 Å². The van der Waals surface area contributed by atoms with Crippen LogP contribution in [0.1, 0.15) is 0 Å². The third-order valence-electron chi connectivity index (χ3n) is 0.695. The molecule has 0 unspecified atom stereocenters. The summed E-state index contributed by atoms with van der Waals surface area (Å²) in [5.41, 5.74) is 0.516. The van der Waals surface area contributed by atoms with Crippen LogP contribution < -0.4 is 0 Å². The van der Waals surface area contributed by atoms with Crippen LogP contribution in [0.4, 0.5) is 0 Å². The zero-order chi connectivity index (χ0) is 7.82. The van der Waals surface area contributed by atoms with E-state index >= 15 is 0 Å². The molecule has 0 aliphatic rings. The number of rotatable bonds is 3. The number of allylic oxidation sites excluding steroid dienone is 1. The number of aliphatic imine (C=N–C) groups is 1. The van der Waals surface area contributed by atoms with Crippen molar-refractivity contribution in [2.75, 3.05) is 6.61 Å². The Bertz CT molecular complexity index is 198. The van der Waals surface area contributed by atoms with E-state index in [2.05, 4.69) is 11.6 Å². The summed E-state index contributed by atoms with van der Waals surface area (Å²) in [5, 5.41) is 16.4. The van der Waals surface area contributed by atoms with Crippen molar-refractivity contribution in [2.45, 2.75) is 0 Å². The van der Waals surface area contributed by atoms with Gasteiger partial charge in [0.1, 0.15) is 0 Å². The minimum atomic E-state index is -0.107. The zero-order valence-corrected chi connectivity index (χ0v) is 5.49. The van der Waals surface area contributed by atoms with Crippen molar-refractivity contribution in [3.8, 4) is 6.07 Å². The molecular weight excluding hydrogens is 128 g/mol. The number of aliphatic hydroxyl groups excluding tert-OH is 1. The number of aliphatic hydroxyl groups is 1. The van der Waals surface area contributed by atoms with Gasteiger partial charge in [0.2, 0.25) is 0 Å². The lowest BCUT2D eigenvalue weighted by Gasteiger charge is -1.85. The van der Waals surface area contributed by atoms with Crippen LogP contribution in [0.25, 0.3) is 0 Å². The molecule has 0 aromatic heterocycles. The Labute approximate surface area is 59.6 Å². The van der Waals surface area contributed by atoms with Gasteiger partial charge in [0.25, 0.3) is 0 Å². The van der Waals surface area contributed by atoms with Crippen LogP contribution >= 0.6 is 0 Å². The van der Waals surface area contributed by atoms with E-state index in [9.17, 15) is 0 Å². The molecule has 0 aromatic rings. The van der Waals surface area contributed by atoms with E-state index in [-0.39, 0.29) is 6.61 Å². The molecule has 0 aliphatic heterocycles. The largest absolute Gasteiger partial charge is 0.392 e. The standard InChI is InChI=1S/C7H8N2O/c1-7(6-10)5-9-4-2-3-8/h2,4-5,10H,1,6H2/b4-2+,9-5?. The molecule has 0 atom stereocenters. The molecule has 0 bridgehead atoms. The van der Waals surface area contributed by atoms with Crippen LogP contribution in [0, 0.1) is 11.3 Å². The molecule has 1 N–H and O–H groups in total. The third kappa shape index (κ3) is 4.75. The molecule has 52 valence electrons. The van der Waals surface area contributed by atoms with Crippen molar-refractivity contribution < 1.29 is 5.11 Å². The minimum Gasteiger partial charge on any atom is -0.392 e. The molecule has 10 heavy (non-hydrogen) atoms. The van der Waals surface area contributed by atoms with Gasteiger partial charge in [-0.15, -0.1) is 0 Å². The summed E-state index contributed by atoms with van der Waals surface area (Å²) in [6.45, 7) is 3.35. The Hall–Kier alpha value is -1.40. The quantitative estimate of drug-likeness (QED) is 0.457. The van der Waals surface area contributed by atoms with Crippen LogP contribution in [0.15, 0.2) is 29.4 Å². The van der Waals surface area contributed by atoms with Crippen molar-refractivity contribution in [1.82, 2.24) is 0 Å². The topological polar surface area (TPSA) is 56.4 Å². The van der Waals surface area contributed by atoms with Crippen molar-refractivity contribution in [3.05, 3.63) is 24.4 Å². The monoisotopic (exact) mass is 136 g/mol. The summed E-state index contributed by atoms with van der Waals surface area (Å²) in [5.74, 6) is 0. The van der Waals surface area contributed by atoms with Crippen LogP contribution in [-0.2, 0) is 0 Å². The fraction of sp³-hybridized carbons (Fsp3) is 0.143. The maximum atomic E-state index is 8.41. The molecule has 0 aromatic carbocycles. The lowest BCUT2D eigenvalue weighted by atomic mass is 10.4. The van der Waals surface area contributed by atoms with E-state index in [0.29, 0.717) is 5.57 Å². The fourth-order valence-electron chi connectivity index (χ4n) is 0.266. The third-order valence-corrected chi connectivity index (χ3v) is 0.695. The van der Waals surface area contributed by atoms with Gasteiger partial charge in [-0.05, 0) is 5.57 Å². The highest BCUT2D eigenvalue weighted by atomic mass is 16.3. The number of nitrogens with zero attached hydrogens (tertiary/aromatic N) is 2. The van der Waals surface area contributed by atoms with E-state index < -0.39 is 0 Å². The van der Waals surface area contributed by atoms with E-state index in [1.807, 2.05) is 0 Å². The summed E-state index contributed by atoms with van der Waals surface area (Å²) in [6.07, 6.45) is 3.97. The van der Waals surface area contributed by atoms with Crippen molar-refractivity contribution in [2.24, 2.45) is 4.99 Å². The van der Waals surface area contributed by atoms with Gasteiger partial charge < -0.3 is 5.11 Å². The van der Waals surface area contributed by atoms with Gasteiger partial charge in [0.15, 0.2) is 0 Å². The lowest BCUT2D eigenvalue weighted by Crippen LogP contribution is -1.87. The highest BCUT2D eigenvalue weighted by molar-refractivity contribution is 5.78. The van der Waals surface area contributed by atoms with Gasteiger partial charge in [0, 0.05) is 18.5 Å².